The Balaban J connectivity index is 1.23. The van der Waals surface area contributed by atoms with Crippen molar-refractivity contribution >= 4 is 23.3 Å². The molecule has 1 spiro atoms. The molecule has 1 aromatic heterocycles. The minimum atomic E-state index is -0.953. The quantitative estimate of drug-likeness (QED) is 0.287. The fraction of sp³-hybridized carbons (Fsp3) is 0.231. The van der Waals surface area contributed by atoms with E-state index < -0.39 is 11.6 Å². The number of fused-ring (bicyclic) bond motifs is 2. The number of pyridine rings is 1. The van der Waals surface area contributed by atoms with Crippen LogP contribution in [0.25, 0.3) is 0 Å². The van der Waals surface area contributed by atoms with Gasteiger partial charge in [0, 0.05) is 28.8 Å². The maximum Gasteiger partial charge on any atom is 0.345 e. The van der Waals surface area contributed by atoms with E-state index in [1.807, 2.05) is 18.2 Å². The van der Waals surface area contributed by atoms with Crippen molar-refractivity contribution in [3.8, 4) is 0 Å². The Morgan fingerprint density at radius 3 is 2.30 bits per heavy atom. The maximum absolute atomic E-state index is 12.8. The first-order valence-electron chi connectivity index (χ1n) is 10.9. The van der Waals surface area contributed by atoms with Crippen molar-refractivity contribution in [1.82, 2.24) is 0 Å². The number of aromatic nitrogens is 1. The van der Waals surface area contributed by atoms with Crippen molar-refractivity contribution in [1.29, 1.82) is 0 Å². The van der Waals surface area contributed by atoms with Gasteiger partial charge in [-0.25, -0.2) is 4.79 Å². The van der Waals surface area contributed by atoms with Crippen LogP contribution in [0.4, 0.5) is 5.69 Å². The fourth-order valence-electron chi connectivity index (χ4n) is 4.77. The molecule has 2 aromatic carbocycles. The van der Waals surface area contributed by atoms with Crippen molar-refractivity contribution in [3.63, 3.8) is 0 Å². The van der Waals surface area contributed by atoms with Gasteiger partial charge >= 0.3 is 5.97 Å². The smallest absolute Gasteiger partial charge is 0.345 e. The van der Waals surface area contributed by atoms with E-state index in [4.69, 9.17) is 4.74 Å². The Morgan fingerprint density at radius 2 is 1.61 bits per heavy atom. The zero-order valence-electron chi connectivity index (χ0n) is 17.8. The van der Waals surface area contributed by atoms with Gasteiger partial charge in [0.1, 0.15) is 5.56 Å². The molecule has 7 nitrogen and oxygen atoms in total. The first kappa shape index (κ1) is 20.9. The highest BCUT2D eigenvalue weighted by Crippen LogP contribution is 2.46. The van der Waals surface area contributed by atoms with Crippen molar-refractivity contribution in [2.75, 3.05) is 5.32 Å². The lowest BCUT2D eigenvalue weighted by Gasteiger charge is -2.33. The minimum absolute atomic E-state index is 0.0759. The van der Waals surface area contributed by atoms with Crippen LogP contribution in [0.1, 0.15) is 57.7 Å². The molecule has 166 valence electrons. The van der Waals surface area contributed by atoms with Gasteiger partial charge in [-0.15, -0.1) is 0 Å². The number of carbonyl (C=O) groups is 3. The van der Waals surface area contributed by atoms with Gasteiger partial charge in [0.2, 0.25) is 5.91 Å². The van der Waals surface area contributed by atoms with E-state index in [9.17, 15) is 19.6 Å². The van der Waals surface area contributed by atoms with Crippen molar-refractivity contribution in [2.45, 2.75) is 31.3 Å². The lowest BCUT2D eigenvalue weighted by molar-refractivity contribution is -0.621. The van der Waals surface area contributed by atoms with Crippen LogP contribution >= 0.6 is 0 Å². The minimum Gasteiger partial charge on any atom is -0.618 e. The van der Waals surface area contributed by atoms with E-state index in [0.29, 0.717) is 58.5 Å². The normalized spacial score (nSPS) is 21.3. The van der Waals surface area contributed by atoms with E-state index in [1.165, 1.54) is 12.3 Å². The molecule has 0 unspecified atom stereocenters. The van der Waals surface area contributed by atoms with E-state index in [1.54, 1.807) is 42.5 Å². The summed E-state index contributed by atoms with van der Waals surface area (Å²) >= 11 is 0. The summed E-state index contributed by atoms with van der Waals surface area (Å²) in [6, 6.07) is 19.0. The van der Waals surface area contributed by atoms with Crippen LogP contribution in [0, 0.1) is 11.1 Å². The standard InChI is InChI=1S/C26H22N2O5/c29-22(17-5-2-1-3-6-17)18-8-10-20(11-9-18)27-24(30)19-12-14-26(15-13-19)23-21(25(31)33-26)7-4-16-28(23)32/h1-11,16,19H,12-15H2,(H,27,30). The molecule has 0 saturated heterocycles. The third-order valence-electron chi connectivity index (χ3n) is 6.51. The summed E-state index contributed by atoms with van der Waals surface area (Å²) in [4.78, 5) is 37.6. The number of hydrogen-bond donors (Lipinski definition) is 1. The average molecular weight is 442 g/mol. The van der Waals surface area contributed by atoms with Gasteiger partial charge in [0.15, 0.2) is 17.6 Å². The Morgan fingerprint density at radius 1 is 0.939 bits per heavy atom. The number of benzene rings is 2. The van der Waals surface area contributed by atoms with Gasteiger partial charge in [0.05, 0.1) is 0 Å². The second kappa shape index (κ2) is 8.16. The van der Waals surface area contributed by atoms with Crippen LogP contribution in [-0.4, -0.2) is 17.7 Å². The fourth-order valence-corrected chi connectivity index (χ4v) is 4.77. The maximum atomic E-state index is 12.8. The molecule has 33 heavy (non-hydrogen) atoms. The molecule has 1 amide bonds. The molecule has 1 fully saturated rings. The lowest BCUT2D eigenvalue weighted by Crippen LogP contribution is -2.44. The molecular formula is C26H22N2O5. The second-order valence-corrected chi connectivity index (χ2v) is 8.52. The molecule has 0 bridgehead atoms. The Bertz CT molecular complexity index is 1230. The molecule has 3 aromatic rings. The lowest BCUT2D eigenvalue weighted by atomic mass is 9.76. The second-order valence-electron chi connectivity index (χ2n) is 8.52. The zero-order chi connectivity index (χ0) is 23.0. The van der Waals surface area contributed by atoms with Crippen molar-refractivity contribution in [2.24, 2.45) is 5.92 Å². The molecule has 7 heteroatoms. The summed E-state index contributed by atoms with van der Waals surface area (Å²) in [6.07, 6.45) is 3.20. The van der Waals surface area contributed by atoms with Crippen molar-refractivity contribution in [3.05, 3.63) is 101 Å². The number of anilines is 1. The molecular weight excluding hydrogens is 420 g/mol. The molecule has 5 rings (SSSR count). The van der Waals surface area contributed by atoms with Crippen LogP contribution in [0.5, 0.6) is 0 Å². The molecule has 2 aliphatic rings. The summed E-state index contributed by atoms with van der Waals surface area (Å²) in [5, 5.41) is 15.2. The van der Waals surface area contributed by atoms with Crippen molar-refractivity contribution < 1.29 is 23.9 Å². The first-order chi connectivity index (χ1) is 16.0. The van der Waals surface area contributed by atoms with E-state index in [2.05, 4.69) is 5.32 Å². The third kappa shape index (κ3) is 3.75. The molecule has 0 radical (unpaired) electrons. The highest BCUT2D eigenvalue weighted by Gasteiger charge is 2.54. The Kier molecular flexibility index (Phi) is 5.17. The highest BCUT2D eigenvalue weighted by molar-refractivity contribution is 6.09. The van der Waals surface area contributed by atoms with Crippen LogP contribution in [0.15, 0.2) is 72.9 Å². The summed E-state index contributed by atoms with van der Waals surface area (Å²) in [5.41, 5.74) is 1.48. The number of esters is 1. The van der Waals surface area contributed by atoms with Gasteiger partial charge in [-0.05, 0) is 56.0 Å². The molecule has 1 saturated carbocycles. The van der Waals surface area contributed by atoms with Gasteiger partial charge in [-0.3, -0.25) is 9.59 Å². The van der Waals surface area contributed by atoms with Crippen LogP contribution in [-0.2, 0) is 15.1 Å². The van der Waals surface area contributed by atoms with Crippen LogP contribution in [0.3, 0.4) is 0 Å². The monoisotopic (exact) mass is 442 g/mol. The predicted octanol–water partition coefficient (Wildman–Crippen LogP) is 3.75. The van der Waals surface area contributed by atoms with E-state index >= 15 is 0 Å². The number of nitrogens with zero attached hydrogens (tertiary/aromatic N) is 1. The van der Waals surface area contributed by atoms with Crippen LogP contribution < -0.4 is 10.0 Å². The number of amides is 1. The van der Waals surface area contributed by atoms with Gasteiger partial charge in [0.25, 0.3) is 5.69 Å². The SMILES string of the molecule is O=C(c1ccccc1)c1ccc(NC(=O)C2CCC3(CC2)OC(=O)c2ccc[n+]([O-])c23)cc1. The van der Waals surface area contributed by atoms with Gasteiger partial charge < -0.3 is 15.3 Å². The summed E-state index contributed by atoms with van der Waals surface area (Å²) in [6.45, 7) is 0. The predicted molar refractivity (Wildman–Crippen MR) is 119 cm³/mol. The van der Waals surface area contributed by atoms with E-state index in [0.717, 1.165) is 0 Å². The summed E-state index contributed by atoms with van der Waals surface area (Å²) in [5.74, 6) is -0.941. The number of ether oxygens (including phenoxy) is 1. The van der Waals surface area contributed by atoms with E-state index in [-0.39, 0.29) is 17.6 Å². The molecule has 1 aliphatic heterocycles. The summed E-state index contributed by atoms with van der Waals surface area (Å²) < 4.78 is 6.34. The number of hydrogen-bond acceptors (Lipinski definition) is 5. The molecule has 2 heterocycles. The number of nitrogens with one attached hydrogen (secondary N) is 1. The zero-order valence-corrected chi connectivity index (χ0v) is 17.8. The molecule has 1 N–H and O–H groups in total. The van der Waals surface area contributed by atoms with Gasteiger partial charge in [-0.1, -0.05) is 30.3 Å². The average Bonchev–Trinajstić information content (AvgIpc) is 3.12. The third-order valence-corrected chi connectivity index (χ3v) is 6.51. The largest absolute Gasteiger partial charge is 0.618 e. The number of rotatable bonds is 4. The Labute approximate surface area is 190 Å². The first-order valence-corrected chi connectivity index (χ1v) is 10.9. The Hall–Kier alpha value is -4.00. The number of ketones is 1. The van der Waals surface area contributed by atoms with Gasteiger partial charge in [-0.2, -0.15) is 4.73 Å². The summed E-state index contributed by atoms with van der Waals surface area (Å²) in [7, 11) is 0. The number of carbonyl (C=O) groups excluding carboxylic acids is 3. The van der Waals surface area contributed by atoms with Crippen LogP contribution in [0.2, 0.25) is 0 Å². The molecule has 1 aliphatic carbocycles. The highest BCUT2D eigenvalue weighted by atomic mass is 16.6. The topological polar surface area (TPSA) is 99.4 Å². The molecule has 0 atom stereocenters.